The number of nitrogens with one attached hydrogen (secondary N) is 2. The van der Waals surface area contributed by atoms with E-state index in [2.05, 4.69) is 21.0 Å². The van der Waals surface area contributed by atoms with Crippen LogP contribution in [0.2, 0.25) is 0 Å². The lowest BCUT2D eigenvalue weighted by Crippen LogP contribution is -2.43. The van der Waals surface area contributed by atoms with Crippen LogP contribution < -0.4 is 4.90 Å². The monoisotopic (exact) mass is 374 g/mol. The van der Waals surface area contributed by atoms with Crippen LogP contribution in [0.15, 0.2) is 48.6 Å². The number of hydrogen-bond acceptors (Lipinski definition) is 7. The summed E-state index contributed by atoms with van der Waals surface area (Å²) in [6.07, 6.45) is 5.20. The van der Waals surface area contributed by atoms with E-state index in [0.29, 0.717) is 30.9 Å². The highest BCUT2D eigenvalue weighted by atomic mass is 16.5. The number of morpholine rings is 1. The van der Waals surface area contributed by atoms with Gasteiger partial charge in [0, 0.05) is 24.5 Å². The number of anilines is 1. The Labute approximate surface area is 161 Å². The van der Waals surface area contributed by atoms with Crippen LogP contribution in [0, 0.1) is 16.7 Å². The molecule has 0 radical (unpaired) electrons. The number of rotatable bonds is 4. The van der Waals surface area contributed by atoms with Gasteiger partial charge in [0.25, 0.3) is 0 Å². The first-order chi connectivity index (χ1) is 13.7. The summed E-state index contributed by atoms with van der Waals surface area (Å²) in [5.41, 5.74) is 3.09. The molecule has 1 aliphatic heterocycles. The second kappa shape index (κ2) is 7.50. The zero-order chi connectivity index (χ0) is 19.5. The Morgan fingerprint density at radius 1 is 1.43 bits per heavy atom. The minimum atomic E-state index is -0.523. The quantitative estimate of drug-likeness (QED) is 0.477. The highest BCUT2D eigenvalue weighted by Crippen LogP contribution is 2.34. The van der Waals surface area contributed by atoms with Crippen molar-refractivity contribution in [1.29, 1.82) is 10.7 Å². The summed E-state index contributed by atoms with van der Waals surface area (Å²) in [6, 6.07) is 9.56. The third kappa shape index (κ3) is 3.19. The van der Waals surface area contributed by atoms with Crippen molar-refractivity contribution in [1.82, 2.24) is 15.0 Å². The van der Waals surface area contributed by atoms with E-state index in [-0.39, 0.29) is 5.76 Å². The first-order valence-electron chi connectivity index (χ1n) is 8.80. The van der Waals surface area contributed by atoms with Crippen LogP contribution in [-0.4, -0.2) is 52.1 Å². The maximum atomic E-state index is 10.1. The second-order valence-electron chi connectivity index (χ2n) is 6.38. The van der Waals surface area contributed by atoms with Crippen LogP contribution in [0.1, 0.15) is 5.56 Å². The van der Waals surface area contributed by atoms with Gasteiger partial charge in [0.1, 0.15) is 29.7 Å². The number of aromatic nitrogens is 3. The molecular formula is C20H18N6O2. The van der Waals surface area contributed by atoms with Gasteiger partial charge in [-0.15, -0.1) is 0 Å². The molecule has 1 atom stereocenters. The Hall–Kier alpha value is -3.70. The van der Waals surface area contributed by atoms with Crippen molar-refractivity contribution in [2.45, 2.75) is 6.10 Å². The standard InChI is InChI=1S/C20H18N6O2/c21-5-4-16(27)17-11-26(6-7-28-17)20-18-15(10-23-19(18)24-12-25-20)14-3-1-2-13(8-14)9-22/h1-5,8,10,12,17,21,27H,6-7,11H2,(H,23,24,25)/b16-4-,21-5?. The van der Waals surface area contributed by atoms with E-state index in [1.54, 1.807) is 6.07 Å². The van der Waals surface area contributed by atoms with Gasteiger partial charge < -0.3 is 25.1 Å². The highest BCUT2D eigenvalue weighted by Gasteiger charge is 2.27. The number of H-pyrrole nitrogens is 1. The van der Waals surface area contributed by atoms with Gasteiger partial charge in [-0.3, -0.25) is 0 Å². The smallest absolute Gasteiger partial charge is 0.143 e. The van der Waals surface area contributed by atoms with Crippen molar-refractivity contribution in [2.24, 2.45) is 0 Å². The topological polar surface area (TPSA) is 122 Å². The Balaban J connectivity index is 1.78. The summed E-state index contributed by atoms with van der Waals surface area (Å²) in [4.78, 5) is 14.0. The molecule has 1 aromatic carbocycles. The maximum absolute atomic E-state index is 10.1. The van der Waals surface area contributed by atoms with Gasteiger partial charge in [0.05, 0.1) is 30.2 Å². The first kappa shape index (κ1) is 17.7. The number of hydrogen-bond donors (Lipinski definition) is 3. The highest BCUT2D eigenvalue weighted by molar-refractivity contribution is 6.01. The zero-order valence-corrected chi connectivity index (χ0v) is 15.0. The molecule has 0 saturated carbocycles. The molecular weight excluding hydrogens is 356 g/mol. The molecule has 3 N–H and O–H groups in total. The van der Waals surface area contributed by atoms with Crippen molar-refractivity contribution in [2.75, 3.05) is 24.6 Å². The predicted octanol–water partition coefficient (Wildman–Crippen LogP) is 2.79. The normalized spacial score (nSPS) is 17.5. The maximum Gasteiger partial charge on any atom is 0.143 e. The van der Waals surface area contributed by atoms with E-state index in [9.17, 15) is 10.4 Å². The molecule has 2 aromatic heterocycles. The van der Waals surface area contributed by atoms with Crippen molar-refractivity contribution >= 4 is 23.1 Å². The molecule has 3 heterocycles. The zero-order valence-electron chi connectivity index (χ0n) is 15.0. The van der Waals surface area contributed by atoms with E-state index >= 15 is 0 Å². The fourth-order valence-electron chi connectivity index (χ4n) is 3.38. The molecule has 3 aromatic rings. The number of aromatic amines is 1. The van der Waals surface area contributed by atoms with Gasteiger partial charge in [0.2, 0.25) is 0 Å². The molecule has 4 rings (SSSR count). The van der Waals surface area contributed by atoms with Crippen LogP contribution in [0.4, 0.5) is 5.82 Å². The average molecular weight is 374 g/mol. The van der Waals surface area contributed by atoms with Gasteiger partial charge in [-0.1, -0.05) is 12.1 Å². The van der Waals surface area contributed by atoms with Crippen LogP contribution in [0.5, 0.6) is 0 Å². The Bertz CT molecular complexity index is 1100. The lowest BCUT2D eigenvalue weighted by Gasteiger charge is -2.33. The number of benzene rings is 1. The number of fused-ring (bicyclic) bond motifs is 1. The molecule has 0 amide bonds. The summed E-state index contributed by atoms with van der Waals surface area (Å²) < 4.78 is 5.63. The number of ether oxygens (including phenoxy) is 1. The lowest BCUT2D eigenvalue weighted by atomic mass is 10.0. The van der Waals surface area contributed by atoms with Crippen molar-refractivity contribution in [3.8, 4) is 17.2 Å². The summed E-state index contributed by atoms with van der Waals surface area (Å²) in [7, 11) is 0. The number of allylic oxidation sites excluding steroid dienone is 1. The fourth-order valence-corrected chi connectivity index (χ4v) is 3.38. The molecule has 140 valence electrons. The van der Waals surface area contributed by atoms with Gasteiger partial charge in [0.15, 0.2) is 0 Å². The molecule has 28 heavy (non-hydrogen) atoms. The van der Waals surface area contributed by atoms with Crippen molar-refractivity contribution in [3.63, 3.8) is 0 Å². The predicted molar refractivity (Wildman–Crippen MR) is 105 cm³/mol. The second-order valence-corrected chi connectivity index (χ2v) is 6.38. The van der Waals surface area contributed by atoms with Gasteiger partial charge in [-0.05, 0) is 23.8 Å². The third-order valence-corrected chi connectivity index (χ3v) is 4.70. The first-order valence-corrected chi connectivity index (χ1v) is 8.80. The summed E-state index contributed by atoms with van der Waals surface area (Å²) >= 11 is 0. The van der Waals surface area contributed by atoms with E-state index in [1.165, 1.54) is 12.4 Å². The van der Waals surface area contributed by atoms with Crippen molar-refractivity contribution in [3.05, 3.63) is 54.2 Å². The van der Waals surface area contributed by atoms with E-state index in [4.69, 9.17) is 10.1 Å². The minimum Gasteiger partial charge on any atom is -0.509 e. The summed E-state index contributed by atoms with van der Waals surface area (Å²) in [5.74, 6) is 0.751. The number of nitrogens with zero attached hydrogens (tertiary/aromatic N) is 4. The van der Waals surface area contributed by atoms with Crippen LogP contribution >= 0.6 is 0 Å². The number of aliphatic hydroxyl groups excluding tert-OH is 1. The molecule has 1 unspecified atom stereocenters. The molecule has 1 saturated heterocycles. The van der Waals surface area contributed by atoms with Crippen LogP contribution in [0.25, 0.3) is 22.2 Å². The molecule has 8 heteroatoms. The Kier molecular flexibility index (Phi) is 4.74. The summed E-state index contributed by atoms with van der Waals surface area (Å²) in [5, 5.41) is 27.3. The third-order valence-electron chi connectivity index (χ3n) is 4.70. The Morgan fingerprint density at radius 3 is 3.14 bits per heavy atom. The molecule has 0 spiro atoms. The molecule has 1 aliphatic rings. The molecule has 1 fully saturated rings. The van der Waals surface area contributed by atoms with E-state index in [0.717, 1.165) is 28.5 Å². The SMILES string of the molecule is N#Cc1cccc(-c2c[nH]c3ncnc(N4CCOC(/C(O)=C/C=N)C4)c23)c1. The van der Waals surface area contributed by atoms with E-state index in [1.807, 2.05) is 29.3 Å². The van der Waals surface area contributed by atoms with E-state index < -0.39 is 6.10 Å². The van der Waals surface area contributed by atoms with Crippen LogP contribution in [-0.2, 0) is 4.74 Å². The molecule has 0 bridgehead atoms. The fraction of sp³-hybridized carbons (Fsp3) is 0.200. The molecule has 8 nitrogen and oxygen atoms in total. The lowest BCUT2D eigenvalue weighted by molar-refractivity contribution is 0.0377. The van der Waals surface area contributed by atoms with Gasteiger partial charge >= 0.3 is 0 Å². The van der Waals surface area contributed by atoms with Gasteiger partial charge in [-0.2, -0.15) is 5.26 Å². The number of nitriles is 1. The van der Waals surface area contributed by atoms with Crippen LogP contribution in [0.3, 0.4) is 0 Å². The van der Waals surface area contributed by atoms with Crippen molar-refractivity contribution < 1.29 is 9.84 Å². The minimum absolute atomic E-state index is 0.0148. The number of aliphatic hydroxyl groups is 1. The largest absolute Gasteiger partial charge is 0.509 e. The Morgan fingerprint density at radius 2 is 2.32 bits per heavy atom. The summed E-state index contributed by atoms with van der Waals surface area (Å²) in [6.45, 7) is 1.45. The average Bonchev–Trinajstić information content (AvgIpc) is 3.18. The van der Waals surface area contributed by atoms with Gasteiger partial charge in [-0.25, -0.2) is 9.97 Å². The molecule has 0 aliphatic carbocycles.